The summed E-state index contributed by atoms with van der Waals surface area (Å²) >= 11 is 1.64. The Morgan fingerprint density at radius 3 is 2.68 bits per heavy atom. The number of carbonyl (C=O) groups excluding carboxylic acids is 3. The predicted octanol–water partition coefficient (Wildman–Crippen LogP) is 1.13. The molecule has 2 atom stereocenters. The largest absolute Gasteiger partial charge is 0.497 e. The number of methoxy groups -OCH3 is 1. The predicted molar refractivity (Wildman–Crippen MR) is 107 cm³/mol. The topological polar surface area (TPSA) is 108 Å². The lowest BCUT2D eigenvalue weighted by Crippen LogP contribution is -2.39. The van der Waals surface area contributed by atoms with Crippen molar-refractivity contribution in [2.24, 2.45) is 0 Å². The van der Waals surface area contributed by atoms with Gasteiger partial charge in [0.15, 0.2) is 0 Å². The van der Waals surface area contributed by atoms with Crippen molar-refractivity contribution in [1.82, 2.24) is 15.5 Å². The summed E-state index contributed by atoms with van der Waals surface area (Å²) in [5, 5.41) is 14.7. The molecule has 0 aromatic heterocycles. The smallest absolute Gasteiger partial charge is 0.325 e. The second kappa shape index (κ2) is 10.9. The van der Waals surface area contributed by atoms with Gasteiger partial charge in [0, 0.05) is 6.42 Å². The molecule has 1 fully saturated rings. The van der Waals surface area contributed by atoms with Crippen LogP contribution in [0.5, 0.6) is 5.75 Å². The number of aliphatic hydroxyl groups is 1. The summed E-state index contributed by atoms with van der Waals surface area (Å²) in [6.07, 6.45) is 2.96. The molecule has 1 aromatic carbocycles. The maximum atomic E-state index is 12.5. The van der Waals surface area contributed by atoms with E-state index >= 15 is 0 Å². The fourth-order valence-corrected chi connectivity index (χ4v) is 3.40. The molecule has 3 N–H and O–H groups in total. The van der Waals surface area contributed by atoms with Crippen LogP contribution in [-0.4, -0.2) is 65.7 Å². The lowest BCUT2D eigenvalue weighted by molar-refractivity contribution is -0.128. The zero-order valence-electron chi connectivity index (χ0n) is 16.1. The fraction of sp³-hybridized carbons (Fsp3) is 0.526. The van der Waals surface area contributed by atoms with E-state index in [4.69, 9.17) is 4.74 Å². The number of rotatable bonds is 11. The molecule has 0 aliphatic carbocycles. The van der Waals surface area contributed by atoms with Crippen LogP contribution in [0, 0.1) is 0 Å². The maximum absolute atomic E-state index is 12.5. The minimum absolute atomic E-state index is 0.100. The molecule has 0 unspecified atom stereocenters. The summed E-state index contributed by atoms with van der Waals surface area (Å²) in [4.78, 5) is 37.9. The molecule has 0 radical (unpaired) electrons. The highest BCUT2D eigenvalue weighted by Gasteiger charge is 2.37. The molecular weight excluding hydrogens is 382 g/mol. The average Bonchev–Trinajstić information content (AvgIpc) is 2.97. The van der Waals surface area contributed by atoms with E-state index in [1.54, 1.807) is 43.1 Å². The maximum Gasteiger partial charge on any atom is 0.325 e. The molecule has 154 valence electrons. The molecule has 0 bridgehead atoms. The SMILES string of the molecule is COc1ccc(CN2C(=O)N[C@@H](CCC(=O)N[C@@H](CO)CCSC)C2=O)cc1. The first kappa shape index (κ1) is 22.0. The molecule has 1 aliphatic heterocycles. The van der Waals surface area contributed by atoms with Crippen LogP contribution in [0.2, 0.25) is 0 Å². The fourth-order valence-electron chi connectivity index (χ4n) is 2.88. The van der Waals surface area contributed by atoms with E-state index in [0.717, 1.165) is 16.2 Å². The van der Waals surface area contributed by atoms with E-state index in [9.17, 15) is 19.5 Å². The molecule has 1 aliphatic rings. The summed E-state index contributed by atoms with van der Waals surface area (Å²) in [6, 6.07) is 5.66. The van der Waals surface area contributed by atoms with E-state index in [1.165, 1.54) is 0 Å². The Kier molecular flexibility index (Phi) is 8.59. The summed E-state index contributed by atoms with van der Waals surface area (Å²) in [6.45, 7) is 0.0413. The molecule has 4 amide bonds. The first-order valence-electron chi connectivity index (χ1n) is 9.12. The van der Waals surface area contributed by atoms with Crippen molar-refractivity contribution in [3.05, 3.63) is 29.8 Å². The third-order valence-electron chi connectivity index (χ3n) is 4.52. The number of urea groups is 1. The Balaban J connectivity index is 1.84. The van der Waals surface area contributed by atoms with Gasteiger partial charge in [0.25, 0.3) is 5.91 Å². The lowest BCUT2D eigenvalue weighted by Gasteiger charge is -2.16. The molecule has 28 heavy (non-hydrogen) atoms. The number of imide groups is 1. The van der Waals surface area contributed by atoms with E-state index in [2.05, 4.69) is 10.6 Å². The zero-order chi connectivity index (χ0) is 20.5. The number of thioether (sulfide) groups is 1. The third-order valence-corrected chi connectivity index (χ3v) is 5.17. The zero-order valence-corrected chi connectivity index (χ0v) is 17.0. The van der Waals surface area contributed by atoms with Crippen LogP contribution in [-0.2, 0) is 16.1 Å². The number of hydrogen-bond donors (Lipinski definition) is 3. The third kappa shape index (κ3) is 6.13. The van der Waals surface area contributed by atoms with Gasteiger partial charge in [0.1, 0.15) is 11.8 Å². The Labute approximate surface area is 169 Å². The van der Waals surface area contributed by atoms with Gasteiger partial charge in [0.05, 0.1) is 26.3 Å². The van der Waals surface area contributed by atoms with Crippen LogP contribution < -0.4 is 15.4 Å². The quantitative estimate of drug-likeness (QED) is 0.473. The van der Waals surface area contributed by atoms with Gasteiger partial charge in [-0.05, 0) is 42.5 Å². The van der Waals surface area contributed by atoms with Gasteiger partial charge >= 0.3 is 6.03 Å². The number of nitrogens with zero attached hydrogens (tertiary/aromatic N) is 1. The van der Waals surface area contributed by atoms with Crippen molar-refractivity contribution >= 4 is 29.6 Å². The molecule has 9 heteroatoms. The van der Waals surface area contributed by atoms with Crippen molar-refractivity contribution < 1.29 is 24.2 Å². The number of ether oxygens (including phenoxy) is 1. The van der Waals surface area contributed by atoms with Crippen LogP contribution in [0.25, 0.3) is 0 Å². The van der Waals surface area contributed by atoms with E-state index in [1.807, 2.05) is 6.26 Å². The van der Waals surface area contributed by atoms with Crippen LogP contribution in [0.4, 0.5) is 4.79 Å². The number of benzene rings is 1. The van der Waals surface area contributed by atoms with Gasteiger partial charge in [-0.3, -0.25) is 14.5 Å². The molecule has 8 nitrogen and oxygen atoms in total. The minimum Gasteiger partial charge on any atom is -0.497 e. The van der Waals surface area contributed by atoms with Gasteiger partial charge in [-0.15, -0.1) is 0 Å². The van der Waals surface area contributed by atoms with E-state index in [-0.39, 0.29) is 43.8 Å². The van der Waals surface area contributed by atoms with Crippen molar-refractivity contribution in [2.45, 2.75) is 37.9 Å². The Morgan fingerprint density at radius 2 is 2.07 bits per heavy atom. The van der Waals surface area contributed by atoms with Crippen LogP contribution >= 0.6 is 11.8 Å². The highest BCUT2D eigenvalue weighted by atomic mass is 32.2. The summed E-state index contributed by atoms with van der Waals surface area (Å²) < 4.78 is 5.10. The molecule has 1 aromatic rings. The second-order valence-electron chi connectivity index (χ2n) is 6.54. The number of hydrogen-bond acceptors (Lipinski definition) is 6. The average molecular weight is 410 g/mol. The normalized spacial score (nSPS) is 17.4. The summed E-state index contributed by atoms with van der Waals surface area (Å²) in [7, 11) is 1.57. The van der Waals surface area contributed by atoms with Crippen molar-refractivity contribution in [2.75, 3.05) is 25.7 Å². The number of carbonyl (C=O) groups is 3. The Hall–Kier alpha value is -2.26. The summed E-state index contributed by atoms with van der Waals surface area (Å²) in [5.41, 5.74) is 0.808. The van der Waals surface area contributed by atoms with Gasteiger partial charge in [-0.2, -0.15) is 11.8 Å². The van der Waals surface area contributed by atoms with Gasteiger partial charge in [0.2, 0.25) is 5.91 Å². The van der Waals surface area contributed by atoms with Crippen LogP contribution in [0.1, 0.15) is 24.8 Å². The molecule has 1 saturated heterocycles. The Morgan fingerprint density at radius 1 is 1.36 bits per heavy atom. The number of nitrogens with one attached hydrogen (secondary N) is 2. The lowest BCUT2D eigenvalue weighted by atomic mass is 10.1. The Bertz CT molecular complexity index is 683. The monoisotopic (exact) mass is 409 g/mol. The molecule has 0 spiro atoms. The number of aliphatic hydroxyl groups excluding tert-OH is 1. The van der Waals surface area contributed by atoms with Crippen molar-refractivity contribution in [1.29, 1.82) is 0 Å². The molecular formula is C19H27N3O5S. The second-order valence-corrected chi connectivity index (χ2v) is 7.53. The van der Waals surface area contributed by atoms with Gasteiger partial charge in [-0.1, -0.05) is 12.1 Å². The van der Waals surface area contributed by atoms with Gasteiger partial charge in [-0.25, -0.2) is 4.79 Å². The first-order valence-corrected chi connectivity index (χ1v) is 10.5. The van der Waals surface area contributed by atoms with Crippen molar-refractivity contribution in [3.63, 3.8) is 0 Å². The molecule has 1 heterocycles. The van der Waals surface area contributed by atoms with Crippen LogP contribution in [0.15, 0.2) is 24.3 Å². The molecule has 2 rings (SSSR count). The van der Waals surface area contributed by atoms with Gasteiger partial charge < -0.3 is 20.5 Å². The highest BCUT2D eigenvalue weighted by Crippen LogP contribution is 2.17. The first-order chi connectivity index (χ1) is 13.5. The molecule has 0 saturated carbocycles. The number of amides is 4. The van der Waals surface area contributed by atoms with E-state index in [0.29, 0.717) is 12.2 Å². The van der Waals surface area contributed by atoms with E-state index < -0.39 is 12.1 Å². The highest BCUT2D eigenvalue weighted by molar-refractivity contribution is 7.98. The standard InChI is InChI=1S/C19H27N3O5S/c1-27-15-5-3-13(4-6-15)11-22-18(25)16(21-19(22)26)7-8-17(24)20-14(12-23)9-10-28-2/h3-6,14,16,23H,7-12H2,1-2H3,(H,20,24)(H,21,26)/t14-,16+/m1/s1. The minimum atomic E-state index is -0.713. The van der Waals surface area contributed by atoms with Crippen molar-refractivity contribution in [3.8, 4) is 5.75 Å². The summed E-state index contributed by atoms with van der Waals surface area (Å²) in [5.74, 6) is 0.956. The van der Waals surface area contributed by atoms with Crippen LogP contribution in [0.3, 0.4) is 0 Å².